The van der Waals surface area contributed by atoms with Crippen LogP contribution in [-0.4, -0.2) is 26.3 Å². The average molecular weight is 158 g/mol. The van der Waals surface area contributed by atoms with Crippen molar-refractivity contribution in [2.45, 2.75) is 11.9 Å². The number of halogens is 2. The van der Waals surface area contributed by atoms with Gasteiger partial charge >= 0.3 is 0 Å². The van der Waals surface area contributed by atoms with Gasteiger partial charge in [0, 0.05) is 6.26 Å². The molecule has 0 aliphatic carbocycles. The molecule has 0 spiro atoms. The molecule has 0 radical (unpaired) electrons. The zero-order chi connectivity index (χ0) is 7.71. The molecule has 0 heterocycles. The van der Waals surface area contributed by atoms with Gasteiger partial charge in [0.1, 0.15) is 6.67 Å². The summed E-state index contributed by atoms with van der Waals surface area (Å²) in [5.74, 6) is 0. The first-order valence-electron chi connectivity index (χ1n) is 2.26. The molecule has 0 saturated heterocycles. The fraction of sp³-hybridized carbons (Fsp3) is 1.00. The van der Waals surface area contributed by atoms with Crippen LogP contribution in [-0.2, 0) is 9.84 Å². The predicted octanol–water partition coefficient (Wildman–Crippen LogP) is 0.686. The highest BCUT2D eigenvalue weighted by atomic mass is 32.2. The standard InChI is InChI=1S/C4H8F2O2S/c1-4(6,3-5)9(2,7)8/h3H2,1-2H3. The Bertz CT molecular complexity index is 183. The molecule has 0 N–H and O–H groups in total. The molecule has 0 saturated carbocycles. The molecule has 9 heavy (non-hydrogen) atoms. The molecule has 5 heteroatoms. The fourth-order valence-electron chi connectivity index (χ4n) is 0.0991. The lowest BCUT2D eigenvalue weighted by atomic mass is 10.5. The van der Waals surface area contributed by atoms with E-state index in [0.29, 0.717) is 13.2 Å². The van der Waals surface area contributed by atoms with E-state index in [2.05, 4.69) is 0 Å². The van der Waals surface area contributed by atoms with Crippen LogP contribution in [0.15, 0.2) is 0 Å². The summed E-state index contributed by atoms with van der Waals surface area (Å²) in [6, 6.07) is 0. The van der Waals surface area contributed by atoms with Crippen molar-refractivity contribution in [2.24, 2.45) is 0 Å². The summed E-state index contributed by atoms with van der Waals surface area (Å²) in [6.45, 7) is -0.797. The van der Waals surface area contributed by atoms with E-state index in [0.717, 1.165) is 0 Å². The average Bonchev–Trinajstić information content (AvgIpc) is 1.64. The minimum atomic E-state index is -3.89. The van der Waals surface area contributed by atoms with Crippen molar-refractivity contribution in [2.75, 3.05) is 12.9 Å². The highest BCUT2D eigenvalue weighted by molar-refractivity contribution is 7.91. The van der Waals surface area contributed by atoms with Crippen molar-refractivity contribution in [3.8, 4) is 0 Å². The molecule has 56 valence electrons. The van der Waals surface area contributed by atoms with Crippen LogP contribution in [0, 0.1) is 0 Å². The van der Waals surface area contributed by atoms with Gasteiger partial charge in [0.25, 0.3) is 0 Å². The zero-order valence-corrected chi connectivity index (χ0v) is 6.00. The maximum absolute atomic E-state index is 12.4. The third-order valence-corrected chi connectivity index (χ3v) is 2.67. The van der Waals surface area contributed by atoms with Crippen molar-refractivity contribution < 1.29 is 17.2 Å². The highest BCUT2D eigenvalue weighted by Gasteiger charge is 2.35. The summed E-state index contributed by atoms with van der Waals surface area (Å²) in [6.07, 6.45) is 0.659. The van der Waals surface area contributed by atoms with E-state index < -0.39 is 21.5 Å². The van der Waals surface area contributed by atoms with Crippen LogP contribution in [0.4, 0.5) is 8.78 Å². The van der Waals surface area contributed by atoms with Gasteiger partial charge in [-0.1, -0.05) is 0 Å². The molecule has 0 aromatic carbocycles. The fourth-order valence-corrected chi connectivity index (χ4v) is 0.297. The first-order valence-corrected chi connectivity index (χ1v) is 4.15. The second-order valence-electron chi connectivity index (χ2n) is 2.01. The van der Waals surface area contributed by atoms with Gasteiger partial charge in [-0.25, -0.2) is 17.2 Å². The number of sulfone groups is 1. The zero-order valence-electron chi connectivity index (χ0n) is 5.19. The van der Waals surface area contributed by atoms with Crippen LogP contribution in [0.25, 0.3) is 0 Å². The van der Waals surface area contributed by atoms with Gasteiger partial charge in [-0.2, -0.15) is 0 Å². The van der Waals surface area contributed by atoms with E-state index in [9.17, 15) is 17.2 Å². The largest absolute Gasteiger partial charge is 0.246 e. The van der Waals surface area contributed by atoms with Gasteiger partial charge in [0.2, 0.25) is 5.00 Å². The molecule has 0 amide bonds. The quantitative estimate of drug-likeness (QED) is 0.592. The number of hydrogen-bond acceptors (Lipinski definition) is 2. The van der Waals surface area contributed by atoms with Crippen LogP contribution in [0.5, 0.6) is 0 Å². The maximum atomic E-state index is 12.4. The molecule has 2 nitrogen and oxygen atoms in total. The minimum absolute atomic E-state index is 0.659. The smallest absolute Gasteiger partial charge is 0.235 e. The number of alkyl halides is 2. The third-order valence-electron chi connectivity index (χ3n) is 1.01. The van der Waals surface area contributed by atoms with Crippen LogP contribution in [0.2, 0.25) is 0 Å². The van der Waals surface area contributed by atoms with Gasteiger partial charge in [0.05, 0.1) is 0 Å². The molecule has 0 aromatic rings. The Balaban J connectivity index is 4.56. The first-order chi connectivity index (χ1) is 3.81. The number of hydrogen-bond donors (Lipinski definition) is 0. The minimum Gasteiger partial charge on any atom is -0.246 e. The summed E-state index contributed by atoms with van der Waals surface area (Å²) < 4.78 is 44.4. The van der Waals surface area contributed by atoms with E-state index in [-0.39, 0.29) is 0 Å². The Morgan fingerprint density at radius 2 is 1.89 bits per heavy atom. The molecule has 0 aromatic heterocycles. The third kappa shape index (κ3) is 1.89. The van der Waals surface area contributed by atoms with Gasteiger partial charge < -0.3 is 0 Å². The first kappa shape index (κ1) is 8.81. The van der Waals surface area contributed by atoms with E-state index in [1.807, 2.05) is 0 Å². The van der Waals surface area contributed by atoms with Crippen molar-refractivity contribution in [3.05, 3.63) is 0 Å². The summed E-state index contributed by atoms with van der Waals surface area (Å²) >= 11 is 0. The van der Waals surface area contributed by atoms with Crippen LogP contribution in [0.3, 0.4) is 0 Å². The molecular weight excluding hydrogens is 150 g/mol. The van der Waals surface area contributed by atoms with E-state index >= 15 is 0 Å². The monoisotopic (exact) mass is 158 g/mol. The lowest BCUT2D eigenvalue weighted by Gasteiger charge is -2.11. The Kier molecular flexibility index (Phi) is 2.16. The maximum Gasteiger partial charge on any atom is 0.235 e. The Labute approximate surface area is 52.8 Å². The van der Waals surface area contributed by atoms with Crippen LogP contribution in [0.1, 0.15) is 6.92 Å². The SMILES string of the molecule is CC(F)(CF)S(C)(=O)=O. The molecule has 1 atom stereocenters. The van der Waals surface area contributed by atoms with Crippen molar-refractivity contribution in [3.63, 3.8) is 0 Å². The second-order valence-corrected chi connectivity index (χ2v) is 4.40. The lowest BCUT2D eigenvalue weighted by Crippen LogP contribution is -2.31. The lowest BCUT2D eigenvalue weighted by molar-refractivity contribution is 0.230. The van der Waals surface area contributed by atoms with Gasteiger partial charge in [-0.3, -0.25) is 0 Å². The summed E-state index contributed by atoms with van der Waals surface area (Å²) in [5.41, 5.74) is 0. The normalized spacial score (nSPS) is 19.1. The van der Waals surface area contributed by atoms with Gasteiger partial charge in [-0.05, 0) is 6.92 Å². The molecular formula is C4H8F2O2S. The predicted molar refractivity (Wildman–Crippen MR) is 30.3 cm³/mol. The van der Waals surface area contributed by atoms with E-state index in [1.54, 1.807) is 0 Å². The van der Waals surface area contributed by atoms with Gasteiger partial charge in [0.15, 0.2) is 9.84 Å². The van der Waals surface area contributed by atoms with Crippen LogP contribution < -0.4 is 0 Å². The molecule has 0 bridgehead atoms. The Hall–Kier alpha value is -0.190. The highest BCUT2D eigenvalue weighted by Crippen LogP contribution is 2.17. The van der Waals surface area contributed by atoms with Crippen molar-refractivity contribution >= 4 is 9.84 Å². The number of rotatable bonds is 2. The molecule has 0 aliphatic rings. The Morgan fingerprint density at radius 3 is 1.89 bits per heavy atom. The molecule has 0 aliphatic heterocycles. The van der Waals surface area contributed by atoms with Crippen molar-refractivity contribution in [1.29, 1.82) is 0 Å². The molecule has 0 rings (SSSR count). The summed E-state index contributed by atoms with van der Waals surface area (Å²) in [4.78, 5) is 0. The summed E-state index contributed by atoms with van der Waals surface area (Å²) in [7, 11) is -3.89. The van der Waals surface area contributed by atoms with Crippen molar-refractivity contribution in [1.82, 2.24) is 0 Å². The molecule has 1 unspecified atom stereocenters. The molecule has 0 fully saturated rings. The van der Waals surface area contributed by atoms with E-state index in [1.165, 1.54) is 0 Å². The Morgan fingerprint density at radius 1 is 1.56 bits per heavy atom. The van der Waals surface area contributed by atoms with E-state index in [4.69, 9.17) is 0 Å². The van der Waals surface area contributed by atoms with Crippen LogP contribution >= 0.6 is 0 Å². The summed E-state index contributed by atoms with van der Waals surface area (Å²) in [5, 5.41) is -2.72. The second kappa shape index (κ2) is 2.21. The van der Waals surface area contributed by atoms with Gasteiger partial charge in [-0.15, -0.1) is 0 Å². The topological polar surface area (TPSA) is 34.1 Å².